The number of carbonyl (C=O) groups is 1. The standard InChI is InChI=1S/C31H41N7O3/c1-22-7-12-27(21-33-22)41-18-17-38(15-3-2-6-26-11-10-24-5-4-14-32-29(24)36-26)16-13-28(30(39)40)37-31-34-19-25(20-35-31)23-8-9-23/h7,10-12,19-21,23,28H,2-6,8-9,13-18H2,1H3,(H,32,36)(H,39,40)(H,34,35,37). The first-order valence-electron chi connectivity index (χ1n) is 14.9. The molecule has 3 aromatic rings. The molecule has 0 radical (unpaired) electrons. The minimum absolute atomic E-state index is 0.357. The van der Waals surface area contributed by atoms with Crippen LogP contribution in [0.25, 0.3) is 0 Å². The molecular weight excluding hydrogens is 518 g/mol. The van der Waals surface area contributed by atoms with Gasteiger partial charge in [0.25, 0.3) is 0 Å². The van der Waals surface area contributed by atoms with Gasteiger partial charge < -0.3 is 20.5 Å². The number of nitrogens with zero attached hydrogens (tertiary/aromatic N) is 5. The van der Waals surface area contributed by atoms with Gasteiger partial charge in [-0.2, -0.15) is 0 Å². The summed E-state index contributed by atoms with van der Waals surface area (Å²) in [6.45, 7) is 5.58. The zero-order valence-corrected chi connectivity index (χ0v) is 23.9. The highest BCUT2D eigenvalue weighted by molar-refractivity contribution is 5.76. The predicted molar refractivity (Wildman–Crippen MR) is 159 cm³/mol. The topological polar surface area (TPSA) is 125 Å². The lowest BCUT2D eigenvalue weighted by Gasteiger charge is -2.24. The van der Waals surface area contributed by atoms with Crippen LogP contribution in [0.3, 0.4) is 0 Å². The fourth-order valence-corrected chi connectivity index (χ4v) is 5.08. The summed E-state index contributed by atoms with van der Waals surface area (Å²) in [5.74, 6) is 1.78. The third-order valence-electron chi connectivity index (χ3n) is 7.73. The number of aliphatic carboxylic acids is 1. The maximum atomic E-state index is 12.1. The van der Waals surface area contributed by atoms with E-state index in [0.717, 1.165) is 73.7 Å². The molecule has 1 unspecified atom stereocenters. The third kappa shape index (κ3) is 8.85. The number of rotatable bonds is 16. The quantitative estimate of drug-likeness (QED) is 0.216. The molecule has 0 saturated heterocycles. The van der Waals surface area contributed by atoms with Gasteiger partial charge in [0.2, 0.25) is 5.95 Å². The van der Waals surface area contributed by atoms with Crippen LogP contribution in [0.5, 0.6) is 5.75 Å². The van der Waals surface area contributed by atoms with Crippen molar-refractivity contribution in [1.29, 1.82) is 0 Å². The second kappa shape index (κ2) is 14.2. The molecule has 10 heteroatoms. The minimum Gasteiger partial charge on any atom is -0.491 e. The number of carboxylic acids is 1. The van der Waals surface area contributed by atoms with Gasteiger partial charge in [0.05, 0.1) is 6.20 Å². The average molecular weight is 560 g/mol. The fourth-order valence-electron chi connectivity index (χ4n) is 5.08. The van der Waals surface area contributed by atoms with Crippen LogP contribution in [0.1, 0.15) is 67.0 Å². The summed E-state index contributed by atoms with van der Waals surface area (Å²) < 4.78 is 5.93. The third-order valence-corrected chi connectivity index (χ3v) is 7.73. The molecule has 0 bridgehead atoms. The lowest BCUT2D eigenvalue weighted by atomic mass is 10.1. The predicted octanol–water partition coefficient (Wildman–Crippen LogP) is 4.47. The van der Waals surface area contributed by atoms with Gasteiger partial charge in [-0.3, -0.25) is 9.88 Å². The van der Waals surface area contributed by atoms with Crippen molar-refractivity contribution >= 4 is 17.7 Å². The molecule has 1 fully saturated rings. The summed E-state index contributed by atoms with van der Waals surface area (Å²) in [6, 6.07) is 7.43. The van der Waals surface area contributed by atoms with Crippen LogP contribution in [-0.2, 0) is 17.6 Å². The van der Waals surface area contributed by atoms with Gasteiger partial charge in [0, 0.05) is 43.4 Å². The van der Waals surface area contributed by atoms with Crippen molar-refractivity contribution in [2.75, 3.05) is 43.4 Å². The van der Waals surface area contributed by atoms with Gasteiger partial charge in [-0.1, -0.05) is 6.07 Å². The molecule has 4 heterocycles. The number of hydrogen-bond donors (Lipinski definition) is 3. The van der Waals surface area contributed by atoms with E-state index in [1.807, 2.05) is 31.5 Å². The van der Waals surface area contributed by atoms with Gasteiger partial charge in [0.1, 0.15) is 24.2 Å². The fraction of sp³-hybridized carbons (Fsp3) is 0.516. The van der Waals surface area contributed by atoms with Crippen LogP contribution in [0.15, 0.2) is 42.9 Å². The highest BCUT2D eigenvalue weighted by Gasteiger charge is 2.25. The van der Waals surface area contributed by atoms with E-state index in [1.54, 1.807) is 6.20 Å². The molecule has 3 N–H and O–H groups in total. The first-order chi connectivity index (χ1) is 20.0. The highest BCUT2D eigenvalue weighted by Crippen LogP contribution is 2.39. The first kappa shape index (κ1) is 28.7. The molecule has 1 aliphatic carbocycles. The minimum atomic E-state index is -0.908. The van der Waals surface area contributed by atoms with E-state index in [9.17, 15) is 9.90 Å². The Bertz CT molecular complexity index is 1270. The smallest absolute Gasteiger partial charge is 0.326 e. The summed E-state index contributed by atoms with van der Waals surface area (Å²) in [6.07, 6.45) is 13.3. The molecule has 10 nitrogen and oxygen atoms in total. The number of pyridine rings is 2. The zero-order chi connectivity index (χ0) is 28.4. The van der Waals surface area contributed by atoms with E-state index in [-0.39, 0.29) is 0 Å². The Balaban J connectivity index is 1.13. The lowest BCUT2D eigenvalue weighted by Crippen LogP contribution is -2.37. The van der Waals surface area contributed by atoms with E-state index in [4.69, 9.17) is 9.72 Å². The molecule has 218 valence electrons. The van der Waals surface area contributed by atoms with E-state index in [1.165, 1.54) is 18.4 Å². The van der Waals surface area contributed by atoms with Crippen LogP contribution < -0.4 is 15.4 Å². The number of ether oxygens (including phenoxy) is 1. The van der Waals surface area contributed by atoms with Gasteiger partial charge in [0.15, 0.2) is 0 Å². The molecule has 41 heavy (non-hydrogen) atoms. The van der Waals surface area contributed by atoms with E-state index < -0.39 is 12.0 Å². The van der Waals surface area contributed by atoms with Crippen molar-refractivity contribution in [1.82, 2.24) is 24.8 Å². The van der Waals surface area contributed by atoms with Crippen molar-refractivity contribution in [3.63, 3.8) is 0 Å². The maximum absolute atomic E-state index is 12.1. The van der Waals surface area contributed by atoms with Crippen LogP contribution in [0, 0.1) is 6.92 Å². The van der Waals surface area contributed by atoms with Crippen molar-refractivity contribution in [3.05, 3.63) is 65.4 Å². The Hall–Kier alpha value is -3.79. The summed E-state index contributed by atoms with van der Waals surface area (Å²) in [5, 5.41) is 16.3. The SMILES string of the molecule is Cc1ccc(OCCN(CCCCc2ccc3c(n2)NCCC3)CCC(Nc2ncc(C3CC3)cn2)C(=O)O)cn1. The summed E-state index contributed by atoms with van der Waals surface area (Å²) in [7, 11) is 0. The number of nitrogens with one attached hydrogen (secondary N) is 2. The van der Waals surface area contributed by atoms with Crippen molar-refractivity contribution in [2.45, 2.75) is 70.3 Å². The van der Waals surface area contributed by atoms with Crippen molar-refractivity contribution in [3.8, 4) is 5.75 Å². The van der Waals surface area contributed by atoms with Crippen LogP contribution >= 0.6 is 0 Å². The molecule has 3 aromatic heterocycles. The molecule has 1 atom stereocenters. The number of aryl methyl sites for hydroxylation is 3. The monoisotopic (exact) mass is 559 g/mol. The number of fused-ring (bicyclic) bond motifs is 1. The Morgan fingerprint density at radius 3 is 2.71 bits per heavy atom. The largest absolute Gasteiger partial charge is 0.491 e. The number of unbranched alkanes of at least 4 members (excludes halogenated alkanes) is 1. The number of hydrogen-bond acceptors (Lipinski definition) is 9. The molecule has 0 amide bonds. The molecule has 1 aliphatic heterocycles. The van der Waals surface area contributed by atoms with Crippen LogP contribution in [0.2, 0.25) is 0 Å². The normalized spacial score (nSPS) is 15.2. The summed E-state index contributed by atoms with van der Waals surface area (Å²) >= 11 is 0. The highest BCUT2D eigenvalue weighted by atomic mass is 16.5. The zero-order valence-electron chi connectivity index (χ0n) is 23.9. The second-order valence-corrected chi connectivity index (χ2v) is 11.1. The Morgan fingerprint density at radius 1 is 1.10 bits per heavy atom. The number of carboxylic acid groups (broad SMARTS) is 1. The number of anilines is 2. The average Bonchev–Trinajstić information content (AvgIpc) is 3.84. The van der Waals surface area contributed by atoms with Crippen molar-refractivity contribution in [2.24, 2.45) is 0 Å². The Labute approximate surface area is 242 Å². The second-order valence-electron chi connectivity index (χ2n) is 11.1. The van der Waals surface area contributed by atoms with Gasteiger partial charge >= 0.3 is 5.97 Å². The molecule has 0 aromatic carbocycles. The first-order valence-corrected chi connectivity index (χ1v) is 14.9. The van der Waals surface area contributed by atoms with Gasteiger partial charge in [-0.25, -0.2) is 19.7 Å². The van der Waals surface area contributed by atoms with E-state index in [0.29, 0.717) is 38.0 Å². The van der Waals surface area contributed by atoms with Crippen LogP contribution in [0.4, 0.5) is 11.8 Å². The summed E-state index contributed by atoms with van der Waals surface area (Å²) in [4.78, 5) is 32.2. The van der Waals surface area contributed by atoms with E-state index >= 15 is 0 Å². The molecule has 2 aliphatic rings. The molecule has 5 rings (SSSR count). The van der Waals surface area contributed by atoms with Gasteiger partial charge in [-0.15, -0.1) is 0 Å². The Morgan fingerprint density at radius 2 is 1.95 bits per heavy atom. The van der Waals surface area contributed by atoms with Crippen LogP contribution in [-0.4, -0.2) is 74.7 Å². The molecular formula is C31H41N7O3. The van der Waals surface area contributed by atoms with E-state index in [2.05, 4.69) is 42.6 Å². The lowest BCUT2D eigenvalue weighted by molar-refractivity contribution is -0.138. The molecule has 0 spiro atoms. The summed E-state index contributed by atoms with van der Waals surface area (Å²) in [5.41, 5.74) is 4.49. The maximum Gasteiger partial charge on any atom is 0.326 e. The number of aromatic nitrogens is 4. The Kier molecular flexibility index (Phi) is 9.96. The van der Waals surface area contributed by atoms with Gasteiger partial charge in [-0.05, 0) is 100 Å². The molecule has 1 saturated carbocycles. The van der Waals surface area contributed by atoms with Crippen molar-refractivity contribution < 1.29 is 14.6 Å².